The van der Waals surface area contributed by atoms with Gasteiger partial charge in [-0.1, -0.05) is 6.92 Å². The lowest BCUT2D eigenvalue weighted by molar-refractivity contribution is 0.329. The highest BCUT2D eigenvalue weighted by atomic mass is 32.1. The Morgan fingerprint density at radius 3 is 2.92 bits per heavy atom. The molecule has 1 rings (SSSR count). The molecule has 2 nitrogen and oxygen atoms in total. The summed E-state index contributed by atoms with van der Waals surface area (Å²) in [5.74, 6) is 0. The molecule has 12 heavy (non-hydrogen) atoms. The van der Waals surface area contributed by atoms with Crippen LogP contribution in [0.5, 0.6) is 0 Å². The van der Waals surface area contributed by atoms with Gasteiger partial charge in [0.25, 0.3) is 0 Å². The molecule has 0 amide bonds. The normalized spacial score (nSPS) is 12.1. The van der Waals surface area contributed by atoms with E-state index in [1.54, 1.807) is 11.3 Å². The standard InChI is InChI=1S/C9H13NOS/c1-3-8(6-11)4-9-5-10-7(2)12-9/h4-5,11H,3,6H2,1-2H3. The number of rotatable bonds is 3. The molecule has 0 radical (unpaired) electrons. The maximum absolute atomic E-state index is 8.91. The molecule has 3 heteroatoms. The summed E-state index contributed by atoms with van der Waals surface area (Å²) in [5, 5.41) is 9.97. The first-order chi connectivity index (χ1) is 5.76. The van der Waals surface area contributed by atoms with Crippen molar-refractivity contribution >= 4 is 17.4 Å². The molecule has 66 valence electrons. The van der Waals surface area contributed by atoms with Crippen LogP contribution in [0.15, 0.2) is 11.8 Å². The van der Waals surface area contributed by atoms with E-state index >= 15 is 0 Å². The predicted octanol–water partition coefficient (Wildman–Crippen LogP) is 2.24. The number of aryl methyl sites for hydroxylation is 1. The van der Waals surface area contributed by atoms with E-state index in [2.05, 4.69) is 4.98 Å². The molecule has 1 aromatic rings. The highest BCUT2D eigenvalue weighted by Crippen LogP contribution is 2.16. The highest BCUT2D eigenvalue weighted by Gasteiger charge is 1.96. The average molecular weight is 183 g/mol. The van der Waals surface area contributed by atoms with Crippen molar-refractivity contribution in [1.29, 1.82) is 0 Å². The first-order valence-electron chi connectivity index (χ1n) is 3.99. The summed E-state index contributed by atoms with van der Waals surface area (Å²) < 4.78 is 0. The van der Waals surface area contributed by atoms with Gasteiger partial charge in [0.15, 0.2) is 0 Å². The van der Waals surface area contributed by atoms with E-state index in [1.165, 1.54) is 0 Å². The Hall–Kier alpha value is -0.670. The Bertz CT molecular complexity index is 272. The Labute approximate surface area is 76.6 Å². The second-order valence-electron chi connectivity index (χ2n) is 2.60. The van der Waals surface area contributed by atoms with E-state index in [0.717, 1.165) is 21.9 Å². The van der Waals surface area contributed by atoms with Crippen molar-refractivity contribution in [3.05, 3.63) is 21.7 Å². The summed E-state index contributed by atoms with van der Waals surface area (Å²) in [6, 6.07) is 0. The number of hydrogen-bond donors (Lipinski definition) is 1. The summed E-state index contributed by atoms with van der Waals surface area (Å²) >= 11 is 1.65. The monoisotopic (exact) mass is 183 g/mol. The highest BCUT2D eigenvalue weighted by molar-refractivity contribution is 7.12. The Kier molecular flexibility index (Phi) is 3.44. The molecule has 0 spiro atoms. The minimum absolute atomic E-state index is 0.146. The number of nitrogens with zero attached hydrogens (tertiary/aromatic N) is 1. The van der Waals surface area contributed by atoms with Gasteiger partial charge in [-0.15, -0.1) is 11.3 Å². The van der Waals surface area contributed by atoms with Gasteiger partial charge in [0.2, 0.25) is 0 Å². The van der Waals surface area contributed by atoms with E-state index in [1.807, 2.05) is 26.1 Å². The van der Waals surface area contributed by atoms with Crippen molar-refractivity contribution in [1.82, 2.24) is 4.98 Å². The van der Waals surface area contributed by atoms with Crippen LogP contribution in [0, 0.1) is 6.92 Å². The van der Waals surface area contributed by atoms with Gasteiger partial charge >= 0.3 is 0 Å². The quantitative estimate of drug-likeness (QED) is 0.779. The average Bonchev–Trinajstić information content (AvgIpc) is 2.47. The third-order valence-corrected chi connectivity index (χ3v) is 2.50. The van der Waals surface area contributed by atoms with Gasteiger partial charge < -0.3 is 5.11 Å². The predicted molar refractivity (Wildman–Crippen MR) is 52.2 cm³/mol. The summed E-state index contributed by atoms with van der Waals surface area (Å²) in [5.41, 5.74) is 1.05. The molecule has 0 aromatic carbocycles. The smallest absolute Gasteiger partial charge is 0.0900 e. The Balaban J connectivity index is 2.78. The van der Waals surface area contributed by atoms with Crippen LogP contribution in [0.25, 0.3) is 6.08 Å². The second kappa shape index (κ2) is 4.38. The molecule has 0 bridgehead atoms. The van der Waals surface area contributed by atoms with Crippen LogP contribution in [-0.4, -0.2) is 16.7 Å². The van der Waals surface area contributed by atoms with Crippen molar-refractivity contribution in [3.8, 4) is 0 Å². The fraction of sp³-hybridized carbons (Fsp3) is 0.444. The molecule has 0 saturated carbocycles. The topological polar surface area (TPSA) is 33.1 Å². The first-order valence-corrected chi connectivity index (χ1v) is 4.80. The zero-order chi connectivity index (χ0) is 8.97. The van der Waals surface area contributed by atoms with Crippen LogP contribution in [0.2, 0.25) is 0 Å². The largest absolute Gasteiger partial charge is 0.392 e. The van der Waals surface area contributed by atoms with Crippen molar-refractivity contribution in [3.63, 3.8) is 0 Å². The van der Waals surface area contributed by atoms with Gasteiger partial charge in [-0.2, -0.15) is 0 Å². The summed E-state index contributed by atoms with van der Waals surface area (Å²) in [6.07, 6.45) is 4.74. The van der Waals surface area contributed by atoms with E-state index in [4.69, 9.17) is 5.11 Å². The lowest BCUT2D eigenvalue weighted by Gasteiger charge is -1.95. The maximum atomic E-state index is 8.91. The summed E-state index contributed by atoms with van der Waals surface area (Å²) in [6.45, 7) is 4.16. The van der Waals surface area contributed by atoms with Gasteiger partial charge in [0.1, 0.15) is 0 Å². The SMILES string of the molecule is CCC(=Cc1cnc(C)s1)CO. The fourth-order valence-corrected chi connectivity index (χ4v) is 1.68. The number of aromatic nitrogens is 1. The van der Waals surface area contributed by atoms with Crippen LogP contribution in [0.4, 0.5) is 0 Å². The van der Waals surface area contributed by atoms with Crippen LogP contribution in [0.1, 0.15) is 23.2 Å². The minimum Gasteiger partial charge on any atom is -0.392 e. The van der Waals surface area contributed by atoms with E-state index in [0.29, 0.717) is 0 Å². The molecule has 1 heterocycles. The summed E-state index contributed by atoms with van der Waals surface area (Å²) in [4.78, 5) is 5.25. The minimum atomic E-state index is 0.146. The van der Waals surface area contributed by atoms with Gasteiger partial charge in [0.05, 0.1) is 11.6 Å². The molecule has 0 fully saturated rings. The van der Waals surface area contributed by atoms with Crippen molar-refractivity contribution < 1.29 is 5.11 Å². The molecule has 0 unspecified atom stereocenters. The molecular weight excluding hydrogens is 170 g/mol. The van der Waals surface area contributed by atoms with Crippen LogP contribution < -0.4 is 0 Å². The lowest BCUT2D eigenvalue weighted by atomic mass is 10.2. The molecule has 0 aliphatic rings. The zero-order valence-electron chi connectivity index (χ0n) is 7.37. The zero-order valence-corrected chi connectivity index (χ0v) is 8.19. The van der Waals surface area contributed by atoms with Gasteiger partial charge in [-0.3, -0.25) is 0 Å². The lowest BCUT2D eigenvalue weighted by Crippen LogP contribution is -1.86. The van der Waals surface area contributed by atoms with E-state index in [9.17, 15) is 0 Å². The third kappa shape index (κ3) is 2.43. The number of aliphatic hydroxyl groups is 1. The molecular formula is C9H13NOS. The van der Waals surface area contributed by atoms with Crippen LogP contribution in [-0.2, 0) is 0 Å². The van der Waals surface area contributed by atoms with E-state index < -0.39 is 0 Å². The molecule has 1 N–H and O–H groups in total. The van der Waals surface area contributed by atoms with Crippen LogP contribution >= 0.6 is 11.3 Å². The van der Waals surface area contributed by atoms with Gasteiger partial charge in [0, 0.05) is 11.1 Å². The van der Waals surface area contributed by atoms with Crippen molar-refractivity contribution in [2.75, 3.05) is 6.61 Å². The van der Waals surface area contributed by atoms with Crippen LogP contribution in [0.3, 0.4) is 0 Å². The molecule has 0 saturated heterocycles. The van der Waals surface area contributed by atoms with E-state index in [-0.39, 0.29) is 6.61 Å². The van der Waals surface area contributed by atoms with Crippen molar-refractivity contribution in [2.45, 2.75) is 20.3 Å². The molecule has 0 aliphatic carbocycles. The van der Waals surface area contributed by atoms with Gasteiger partial charge in [-0.25, -0.2) is 4.98 Å². The second-order valence-corrected chi connectivity index (χ2v) is 3.86. The maximum Gasteiger partial charge on any atom is 0.0900 e. The van der Waals surface area contributed by atoms with Crippen molar-refractivity contribution in [2.24, 2.45) is 0 Å². The third-order valence-electron chi connectivity index (χ3n) is 1.64. The van der Waals surface area contributed by atoms with Gasteiger partial charge in [-0.05, 0) is 25.0 Å². The Morgan fingerprint density at radius 1 is 1.75 bits per heavy atom. The molecule has 1 aromatic heterocycles. The Morgan fingerprint density at radius 2 is 2.50 bits per heavy atom. The number of aliphatic hydroxyl groups excluding tert-OH is 1. The summed E-state index contributed by atoms with van der Waals surface area (Å²) in [7, 11) is 0. The molecule has 0 aliphatic heterocycles. The first kappa shape index (κ1) is 9.42. The number of thiazole rings is 1. The fourth-order valence-electron chi connectivity index (χ4n) is 0.905. The number of hydrogen-bond acceptors (Lipinski definition) is 3. The molecule has 0 atom stereocenters.